The zero-order valence-corrected chi connectivity index (χ0v) is 17.9. The molecule has 1 aliphatic rings. The van der Waals surface area contributed by atoms with E-state index < -0.39 is 0 Å². The maximum Gasteiger partial charge on any atom is 0.255 e. The molecule has 0 spiro atoms. The maximum atomic E-state index is 13.0. The van der Waals surface area contributed by atoms with E-state index in [1.54, 1.807) is 18.3 Å². The Morgan fingerprint density at radius 3 is 2.65 bits per heavy atom. The van der Waals surface area contributed by atoms with Crippen molar-refractivity contribution in [3.05, 3.63) is 77.5 Å². The molecule has 0 radical (unpaired) electrons. The largest absolute Gasteiger partial charge is 0.356 e. The molecule has 0 aliphatic carbocycles. The van der Waals surface area contributed by atoms with Gasteiger partial charge in [-0.15, -0.1) is 0 Å². The molecule has 1 aromatic heterocycles. The Balaban J connectivity index is 1.50. The summed E-state index contributed by atoms with van der Waals surface area (Å²) >= 11 is 0. The number of carbonyl (C=O) groups is 1. The molecule has 2 heterocycles. The summed E-state index contributed by atoms with van der Waals surface area (Å²) in [7, 11) is 0. The third kappa shape index (κ3) is 4.59. The third-order valence-corrected chi connectivity index (χ3v) is 5.89. The Morgan fingerprint density at radius 2 is 1.97 bits per heavy atom. The normalized spacial score (nSPS) is 15.9. The van der Waals surface area contributed by atoms with Gasteiger partial charge in [-0.25, -0.2) is 4.98 Å². The van der Waals surface area contributed by atoms with Crippen molar-refractivity contribution in [1.29, 1.82) is 5.26 Å². The SMILES string of the molecule is Cc1c(C(=O)Nc2ccc(N3CCC[C@@H](C)C3)nc2)cccc1-c1ccc(C#N)cc1. The van der Waals surface area contributed by atoms with E-state index in [2.05, 4.69) is 28.2 Å². The first-order valence-corrected chi connectivity index (χ1v) is 10.7. The van der Waals surface area contributed by atoms with E-state index in [0.29, 0.717) is 22.7 Å². The van der Waals surface area contributed by atoms with Gasteiger partial charge in [0.2, 0.25) is 0 Å². The van der Waals surface area contributed by atoms with E-state index in [1.165, 1.54) is 12.8 Å². The van der Waals surface area contributed by atoms with Gasteiger partial charge >= 0.3 is 0 Å². The fraction of sp³-hybridized carbons (Fsp3) is 0.269. The summed E-state index contributed by atoms with van der Waals surface area (Å²) in [5.41, 5.74) is 4.78. The molecule has 0 unspecified atom stereocenters. The highest BCUT2D eigenvalue weighted by Gasteiger charge is 2.18. The number of nitrogens with one attached hydrogen (secondary N) is 1. The highest BCUT2D eigenvalue weighted by Crippen LogP contribution is 2.27. The zero-order chi connectivity index (χ0) is 21.8. The van der Waals surface area contributed by atoms with Gasteiger partial charge in [-0.1, -0.05) is 31.2 Å². The third-order valence-electron chi connectivity index (χ3n) is 5.89. The quantitative estimate of drug-likeness (QED) is 0.624. The summed E-state index contributed by atoms with van der Waals surface area (Å²) in [4.78, 5) is 19.8. The summed E-state index contributed by atoms with van der Waals surface area (Å²) in [5.74, 6) is 1.49. The highest BCUT2D eigenvalue weighted by molar-refractivity contribution is 6.06. The summed E-state index contributed by atoms with van der Waals surface area (Å²) in [6.07, 6.45) is 4.19. The van der Waals surface area contributed by atoms with Crippen molar-refractivity contribution < 1.29 is 4.79 Å². The fourth-order valence-electron chi connectivity index (χ4n) is 4.16. The highest BCUT2D eigenvalue weighted by atomic mass is 16.1. The fourth-order valence-corrected chi connectivity index (χ4v) is 4.16. The number of aromatic nitrogens is 1. The van der Waals surface area contributed by atoms with Crippen molar-refractivity contribution in [2.24, 2.45) is 5.92 Å². The molecule has 5 nitrogen and oxygen atoms in total. The van der Waals surface area contributed by atoms with Crippen LogP contribution in [0.2, 0.25) is 0 Å². The average molecular weight is 411 g/mol. The smallest absolute Gasteiger partial charge is 0.255 e. The maximum absolute atomic E-state index is 13.0. The molecule has 1 aliphatic heterocycles. The monoisotopic (exact) mass is 410 g/mol. The number of rotatable bonds is 4. The first-order chi connectivity index (χ1) is 15.0. The van der Waals surface area contributed by atoms with Crippen molar-refractivity contribution in [3.8, 4) is 17.2 Å². The molecule has 1 N–H and O–H groups in total. The zero-order valence-electron chi connectivity index (χ0n) is 17.9. The molecule has 1 fully saturated rings. The first kappa shape index (κ1) is 20.6. The lowest BCUT2D eigenvalue weighted by Gasteiger charge is -2.31. The molecule has 1 atom stereocenters. The first-order valence-electron chi connectivity index (χ1n) is 10.7. The van der Waals surface area contributed by atoms with Gasteiger partial charge in [0.1, 0.15) is 5.82 Å². The number of nitrogens with zero attached hydrogens (tertiary/aromatic N) is 3. The molecule has 0 saturated carbocycles. The van der Waals surface area contributed by atoms with Gasteiger partial charge in [-0.05, 0) is 72.7 Å². The molecule has 156 valence electrons. The van der Waals surface area contributed by atoms with E-state index in [4.69, 9.17) is 5.26 Å². The number of anilines is 2. The minimum atomic E-state index is -0.158. The Kier molecular flexibility index (Phi) is 5.99. The summed E-state index contributed by atoms with van der Waals surface area (Å²) in [5, 5.41) is 12.0. The second-order valence-electron chi connectivity index (χ2n) is 8.22. The lowest BCUT2D eigenvalue weighted by atomic mass is 9.95. The number of hydrogen-bond donors (Lipinski definition) is 1. The van der Waals surface area contributed by atoms with Crippen LogP contribution in [0.3, 0.4) is 0 Å². The Labute approximate surface area is 183 Å². The van der Waals surface area contributed by atoms with Crippen molar-refractivity contribution in [1.82, 2.24) is 4.98 Å². The average Bonchev–Trinajstić information content (AvgIpc) is 2.80. The van der Waals surface area contributed by atoms with Crippen molar-refractivity contribution >= 4 is 17.4 Å². The van der Waals surface area contributed by atoms with Crippen LogP contribution < -0.4 is 10.2 Å². The topological polar surface area (TPSA) is 69.0 Å². The summed E-state index contributed by atoms with van der Waals surface area (Å²) in [6, 6.07) is 19.1. The standard InChI is InChI=1S/C26H26N4O/c1-18-5-4-14-30(17-18)25-13-12-22(16-28-25)29-26(31)24-7-3-6-23(19(24)2)21-10-8-20(15-27)9-11-21/h3,6-13,16,18H,4-5,14,17H2,1-2H3,(H,29,31)/t18-/m1/s1. The van der Waals surface area contributed by atoms with Crippen LogP contribution in [-0.4, -0.2) is 24.0 Å². The molecule has 0 bridgehead atoms. The Bertz CT molecular complexity index is 1110. The van der Waals surface area contributed by atoms with Gasteiger partial charge in [0.25, 0.3) is 5.91 Å². The van der Waals surface area contributed by atoms with E-state index in [-0.39, 0.29) is 5.91 Å². The Morgan fingerprint density at radius 1 is 1.16 bits per heavy atom. The number of carbonyl (C=O) groups excluding carboxylic acids is 1. The molecule has 1 amide bonds. The van der Waals surface area contributed by atoms with Crippen LogP contribution in [0, 0.1) is 24.2 Å². The minimum absolute atomic E-state index is 0.158. The number of benzene rings is 2. The van der Waals surface area contributed by atoms with Crippen LogP contribution >= 0.6 is 0 Å². The molecule has 31 heavy (non-hydrogen) atoms. The van der Waals surface area contributed by atoms with Gasteiger partial charge in [0.05, 0.1) is 23.5 Å². The number of nitriles is 1. The second kappa shape index (κ2) is 9.01. The molecule has 2 aromatic carbocycles. The van der Waals surface area contributed by atoms with Gasteiger partial charge in [-0.3, -0.25) is 4.79 Å². The number of amides is 1. The molecule has 5 heteroatoms. The lowest BCUT2D eigenvalue weighted by molar-refractivity contribution is 0.102. The van der Waals surface area contributed by atoms with E-state index in [1.807, 2.05) is 49.4 Å². The van der Waals surface area contributed by atoms with E-state index >= 15 is 0 Å². The van der Waals surface area contributed by atoms with Gasteiger partial charge < -0.3 is 10.2 Å². The summed E-state index contributed by atoms with van der Waals surface area (Å²) in [6.45, 7) is 6.28. The molecular formula is C26H26N4O. The van der Waals surface area contributed by atoms with Crippen molar-refractivity contribution in [3.63, 3.8) is 0 Å². The molecule has 4 rings (SSSR count). The molecular weight excluding hydrogens is 384 g/mol. The number of pyridine rings is 1. The van der Waals surface area contributed by atoms with Gasteiger partial charge in [0, 0.05) is 18.7 Å². The lowest BCUT2D eigenvalue weighted by Crippen LogP contribution is -2.34. The van der Waals surface area contributed by atoms with Crippen molar-refractivity contribution in [2.45, 2.75) is 26.7 Å². The van der Waals surface area contributed by atoms with Crippen LogP contribution in [0.1, 0.15) is 41.3 Å². The Hall–Kier alpha value is -3.65. The predicted octanol–water partition coefficient (Wildman–Crippen LogP) is 5.42. The predicted molar refractivity (Wildman–Crippen MR) is 124 cm³/mol. The van der Waals surface area contributed by atoms with E-state index in [9.17, 15) is 4.79 Å². The number of hydrogen-bond acceptors (Lipinski definition) is 4. The minimum Gasteiger partial charge on any atom is -0.356 e. The van der Waals surface area contributed by atoms with Crippen LogP contribution in [0.25, 0.3) is 11.1 Å². The molecule has 1 saturated heterocycles. The van der Waals surface area contributed by atoms with Gasteiger partial charge in [-0.2, -0.15) is 5.26 Å². The summed E-state index contributed by atoms with van der Waals surface area (Å²) < 4.78 is 0. The number of piperidine rings is 1. The van der Waals surface area contributed by atoms with E-state index in [0.717, 1.165) is 35.6 Å². The second-order valence-corrected chi connectivity index (χ2v) is 8.22. The van der Waals surface area contributed by atoms with Gasteiger partial charge in [0.15, 0.2) is 0 Å². The van der Waals surface area contributed by atoms with Crippen LogP contribution in [0.5, 0.6) is 0 Å². The van der Waals surface area contributed by atoms with Crippen LogP contribution in [0.4, 0.5) is 11.5 Å². The molecule has 3 aromatic rings. The van der Waals surface area contributed by atoms with Crippen LogP contribution in [-0.2, 0) is 0 Å². The van der Waals surface area contributed by atoms with Crippen molar-refractivity contribution in [2.75, 3.05) is 23.3 Å². The van der Waals surface area contributed by atoms with Crippen LogP contribution in [0.15, 0.2) is 60.8 Å².